The minimum atomic E-state index is -1.62. The molecule has 0 aromatic heterocycles. The molecular formula is C9H9NO3. The Labute approximate surface area is 74.8 Å². The molecule has 1 aromatic rings. The third kappa shape index (κ3) is 0.922. The molecule has 0 bridgehead atoms. The first-order valence-corrected chi connectivity index (χ1v) is 3.90. The molecule has 13 heavy (non-hydrogen) atoms. The molecule has 2 rings (SSSR count). The van der Waals surface area contributed by atoms with Gasteiger partial charge in [0.15, 0.2) is 5.60 Å². The lowest BCUT2D eigenvalue weighted by Crippen LogP contribution is -2.30. The lowest BCUT2D eigenvalue weighted by molar-refractivity contribution is -0.131. The number of anilines is 1. The van der Waals surface area contributed by atoms with Crippen LogP contribution < -0.4 is 5.32 Å². The van der Waals surface area contributed by atoms with E-state index in [4.69, 9.17) is 0 Å². The van der Waals surface area contributed by atoms with E-state index in [1.807, 2.05) is 0 Å². The first kappa shape index (κ1) is 8.07. The van der Waals surface area contributed by atoms with Gasteiger partial charge in [-0.3, -0.25) is 4.79 Å². The lowest BCUT2D eigenvalue weighted by atomic mass is 9.97. The average molecular weight is 179 g/mol. The van der Waals surface area contributed by atoms with Gasteiger partial charge in [-0.05, 0) is 19.1 Å². The molecular weight excluding hydrogens is 170 g/mol. The van der Waals surface area contributed by atoms with Crippen molar-refractivity contribution >= 4 is 11.6 Å². The summed E-state index contributed by atoms with van der Waals surface area (Å²) >= 11 is 0. The van der Waals surface area contributed by atoms with Gasteiger partial charge in [-0.25, -0.2) is 0 Å². The first-order chi connectivity index (χ1) is 6.03. The molecule has 4 nitrogen and oxygen atoms in total. The molecule has 1 heterocycles. The second-order valence-electron chi connectivity index (χ2n) is 3.23. The van der Waals surface area contributed by atoms with E-state index in [0.29, 0.717) is 5.69 Å². The predicted molar refractivity (Wildman–Crippen MR) is 46.3 cm³/mol. The second-order valence-corrected chi connectivity index (χ2v) is 3.23. The van der Waals surface area contributed by atoms with Gasteiger partial charge < -0.3 is 15.5 Å². The van der Waals surface area contributed by atoms with Crippen molar-refractivity contribution in [3.63, 3.8) is 0 Å². The number of rotatable bonds is 0. The fraction of sp³-hybridized carbons (Fsp3) is 0.222. The zero-order valence-electron chi connectivity index (χ0n) is 7.03. The number of phenolic OH excluding ortho intramolecular Hbond substituents is 1. The molecule has 1 aliphatic heterocycles. The maximum atomic E-state index is 11.2. The molecule has 0 radical (unpaired) electrons. The van der Waals surface area contributed by atoms with Crippen LogP contribution in [0.15, 0.2) is 18.2 Å². The molecule has 1 amide bonds. The molecule has 0 spiro atoms. The first-order valence-electron chi connectivity index (χ1n) is 3.90. The zero-order chi connectivity index (χ0) is 9.64. The van der Waals surface area contributed by atoms with E-state index < -0.39 is 11.5 Å². The number of hydrogen-bond acceptors (Lipinski definition) is 3. The van der Waals surface area contributed by atoms with Gasteiger partial charge in [-0.2, -0.15) is 0 Å². The molecule has 0 aliphatic carbocycles. The molecule has 0 fully saturated rings. The number of benzene rings is 1. The maximum absolute atomic E-state index is 11.2. The average Bonchev–Trinajstić information content (AvgIpc) is 2.24. The molecule has 1 unspecified atom stereocenters. The van der Waals surface area contributed by atoms with Gasteiger partial charge in [-0.15, -0.1) is 0 Å². The van der Waals surface area contributed by atoms with Gasteiger partial charge in [0.2, 0.25) is 0 Å². The van der Waals surface area contributed by atoms with E-state index >= 15 is 0 Å². The SMILES string of the molecule is CC1(O)C(=O)Nc2cccc(O)c21. The van der Waals surface area contributed by atoms with Gasteiger partial charge in [0.25, 0.3) is 5.91 Å². The number of fused-ring (bicyclic) bond motifs is 1. The monoisotopic (exact) mass is 179 g/mol. The Balaban J connectivity index is 2.70. The van der Waals surface area contributed by atoms with E-state index in [1.165, 1.54) is 13.0 Å². The third-order valence-corrected chi connectivity index (χ3v) is 2.22. The number of phenols is 1. The highest BCUT2D eigenvalue weighted by Gasteiger charge is 2.42. The summed E-state index contributed by atoms with van der Waals surface area (Å²) in [6, 6.07) is 4.68. The Morgan fingerprint density at radius 1 is 1.46 bits per heavy atom. The van der Waals surface area contributed by atoms with Crippen LogP contribution in [0.2, 0.25) is 0 Å². The molecule has 4 heteroatoms. The van der Waals surface area contributed by atoms with Crippen molar-refractivity contribution in [1.82, 2.24) is 0 Å². The minimum Gasteiger partial charge on any atom is -0.507 e. The Kier molecular flexibility index (Phi) is 1.38. The van der Waals surface area contributed by atoms with Crippen molar-refractivity contribution < 1.29 is 15.0 Å². The third-order valence-electron chi connectivity index (χ3n) is 2.22. The van der Waals surface area contributed by atoms with E-state index in [2.05, 4.69) is 5.32 Å². The van der Waals surface area contributed by atoms with E-state index in [9.17, 15) is 15.0 Å². The topological polar surface area (TPSA) is 69.6 Å². The van der Waals surface area contributed by atoms with Crippen LogP contribution in [-0.2, 0) is 10.4 Å². The van der Waals surface area contributed by atoms with Crippen LogP contribution in [0.25, 0.3) is 0 Å². The number of aliphatic hydroxyl groups is 1. The molecule has 68 valence electrons. The largest absolute Gasteiger partial charge is 0.507 e. The minimum absolute atomic E-state index is 0.0687. The summed E-state index contributed by atoms with van der Waals surface area (Å²) in [6.45, 7) is 1.36. The van der Waals surface area contributed by atoms with Gasteiger partial charge >= 0.3 is 0 Å². The molecule has 1 atom stereocenters. The van der Waals surface area contributed by atoms with Gasteiger partial charge in [0, 0.05) is 0 Å². The normalized spacial score (nSPS) is 25.5. The second kappa shape index (κ2) is 2.23. The van der Waals surface area contributed by atoms with Crippen molar-refractivity contribution in [2.45, 2.75) is 12.5 Å². The summed E-state index contributed by atoms with van der Waals surface area (Å²) in [7, 11) is 0. The standard InChI is InChI=1S/C9H9NO3/c1-9(13)7-5(10-8(9)12)3-2-4-6(7)11/h2-4,11,13H,1H3,(H,10,12). The molecule has 3 N–H and O–H groups in total. The Morgan fingerprint density at radius 3 is 2.77 bits per heavy atom. The highest BCUT2D eigenvalue weighted by Crippen LogP contribution is 2.40. The van der Waals surface area contributed by atoms with Gasteiger partial charge in [0.1, 0.15) is 5.75 Å². The van der Waals surface area contributed by atoms with Crippen molar-refractivity contribution in [3.05, 3.63) is 23.8 Å². The van der Waals surface area contributed by atoms with Gasteiger partial charge in [-0.1, -0.05) is 6.07 Å². The molecule has 0 saturated carbocycles. The van der Waals surface area contributed by atoms with Crippen LogP contribution in [-0.4, -0.2) is 16.1 Å². The van der Waals surface area contributed by atoms with Crippen molar-refractivity contribution in [2.75, 3.05) is 5.32 Å². The fourth-order valence-electron chi connectivity index (χ4n) is 1.51. The Hall–Kier alpha value is -1.55. The van der Waals surface area contributed by atoms with Crippen molar-refractivity contribution in [2.24, 2.45) is 0 Å². The fourth-order valence-corrected chi connectivity index (χ4v) is 1.51. The number of nitrogens with one attached hydrogen (secondary N) is 1. The summed E-state index contributed by atoms with van der Waals surface area (Å²) in [5.41, 5.74) is -0.907. The number of aromatic hydroxyl groups is 1. The van der Waals surface area contributed by atoms with Crippen molar-refractivity contribution in [1.29, 1.82) is 0 Å². The number of carbonyl (C=O) groups excluding carboxylic acids is 1. The Bertz CT molecular complexity index is 384. The quantitative estimate of drug-likeness (QED) is 0.544. The van der Waals surface area contributed by atoms with Crippen LogP contribution in [0.3, 0.4) is 0 Å². The number of hydrogen-bond donors (Lipinski definition) is 3. The maximum Gasteiger partial charge on any atom is 0.260 e. The predicted octanol–water partition coefficient (Wildman–Crippen LogP) is 0.552. The zero-order valence-corrected chi connectivity index (χ0v) is 7.03. The lowest BCUT2D eigenvalue weighted by Gasteiger charge is -2.14. The summed E-state index contributed by atoms with van der Waals surface area (Å²) in [4.78, 5) is 11.2. The number of amides is 1. The highest BCUT2D eigenvalue weighted by molar-refractivity contribution is 6.05. The van der Waals surface area contributed by atoms with Crippen LogP contribution >= 0.6 is 0 Å². The van der Waals surface area contributed by atoms with Gasteiger partial charge in [0.05, 0.1) is 11.3 Å². The van der Waals surface area contributed by atoms with Crippen LogP contribution in [0.5, 0.6) is 5.75 Å². The smallest absolute Gasteiger partial charge is 0.260 e. The number of carbonyl (C=O) groups is 1. The summed E-state index contributed by atoms with van der Waals surface area (Å²) in [6.07, 6.45) is 0. The van der Waals surface area contributed by atoms with Crippen LogP contribution in [0.4, 0.5) is 5.69 Å². The molecule has 1 aromatic carbocycles. The Morgan fingerprint density at radius 2 is 2.15 bits per heavy atom. The van der Waals surface area contributed by atoms with E-state index in [-0.39, 0.29) is 11.3 Å². The summed E-state index contributed by atoms with van der Waals surface area (Å²) in [5.74, 6) is -0.579. The highest BCUT2D eigenvalue weighted by atomic mass is 16.3. The molecule has 0 saturated heterocycles. The van der Waals surface area contributed by atoms with E-state index in [0.717, 1.165) is 0 Å². The summed E-state index contributed by atoms with van der Waals surface area (Å²) in [5, 5.41) is 21.6. The van der Waals surface area contributed by atoms with Crippen LogP contribution in [0.1, 0.15) is 12.5 Å². The van der Waals surface area contributed by atoms with Crippen LogP contribution in [0, 0.1) is 0 Å². The molecule has 1 aliphatic rings. The summed E-state index contributed by atoms with van der Waals surface area (Å²) < 4.78 is 0. The van der Waals surface area contributed by atoms with E-state index in [1.54, 1.807) is 12.1 Å². The van der Waals surface area contributed by atoms with Crippen molar-refractivity contribution in [3.8, 4) is 5.75 Å².